The Labute approximate surface area is 132 Å². The van der Waals surface area contributed by atoms with Crippen LogP contribution >= 0.6 is 0 Å². The molecule has 0 fully saturated rings. The van der Waals surface area contributed by atoms with Crippen molar-refractivity contribution in [2.75, 3.05) is 0 Å². The van der Waals surface area contributed by atoms with Gasteiger partial charge in [0.1, 0.15) is 0 Å². The van der Waals surface area contributed by atoms with Gasteiger partial charge in [0.05, 0.1) is 5.56 Å². The van der Waals surface area contributed by atoms with Crippen molar-refractivity contribution in [3.8, 4) is 22.3 Å². The second-order valence-corrected chi connectivity index (χ2v) is 5.64. The highest BCUT2D eigenvalue weighted by molar-refractivity contribution is 5.80. The monoisotopic (exact) mass is 309 g/mol. The van der Waals surface area contributed by atoms with Crippen molar-refractivity contribution in [1.29, 1.82) is 0 Å². The SMILES string of the molecule is FC(F)(F)c1ccccc1-c1[c]c2c(cc1)-c1ccccc1C2. The van der Waals surface area contributed by atoms with Crippen LogP contribution in [-0.4, -0.2) is 0 Å². The van der Waals surface area contributed by atoms with Gasteiger partial charge in [-0.1, -0.05) is 54.6 Å². The fourth-order valence-electron chi connectivity index (χ4n) is 3.18. The molecule has 0 N–H and O–H groups in total. The zero-order chi connectivity index (χ0) is 16.0. The topological polar surface area (TPSA) is 0 Å². The molecule has 0 aromatic heterocycles. The lowest BCUT2D eigenvalue weighted by atomic mass is 9.95. The van der Waals surface area contributed by atoms with Crippen LogP contribution in [0.15, 0.2) is 60.7 Å². The lowest BCUT2D eigenvalue weighted by Crippen LogP contribution is -2.06. The standard InChI is InChI=1S/C20H12F3/c21-20(22,23)19-8-4-3-7-18(19)14-9-10-17-15(12-14)11-13-5-1-2-6-16(13)17/h1-10H,11H2. The van der Waals surface area contributed by atoms with Gasteiger partial charge in [0, 0.05) is 0 Å². The number of fused-ring (bicyclic) bond motifs is 3. The molecule has 0 amide bonds. The van der Waals surface area contributed by atoms with Crippen LogP contribution in [0.1, 0.15) is 16.7 Å². The van der Waals surface area contributed by atoms with E-state index in [4.69, 9.17) is 0 Å². The van der Waals surface area contributed by atoms with Crippen LogP contribution < -0.4 is 0 Å². The molecule has 23 heavy (non-hydrogen) atoms. The van der Waals surface area contributed by atoms with E-state index in [2.05, 4.69) is 6.07 Å². The summed E-state index contributed by atoms with van der Waals surface area (Å²) in [6.45, 7) is 0. The maximum absolute atomic E-state index is 13.2. The molecule has 4 rings (SSSR count). The van der Waals surface area contributed by atoms with Crippen molar-refractivity contribution in [2.24, 2.45) is 0 Å². The summed E-state index contributed by atoms with van der Waals surface area (Å²) in [4.78, 5) is 0. The quantitative estimate of drug-likeness (QED) is 0.420. The fraction of sp³-hybridized carbons (Fsp3) is 0.100. The van der Waals surface area contributed by atoms with E-state index in [1.165, 1.54) is 17.7 Å². The first-order valence-corrected chi connectivity index (χ1v) is 7.34. The van der Waals surface area contributed by atoms with E-state index in [0.29, 0.717) is 12.0 Å². The first kappa shape index (κ1) is 14.1. The summed E-state index contributed by atoms with van der Waals surface area (Å²) < 4.78 is 39.6. The summed E-state index contributed by atoms with van der Waals surface area (Å²) in [5, 5.41) is 0. The molecular formula is C20H12F3. The molecule has 0 bridgehead atoms. The summed E-state index contributed by atoms with van der Waals surface area (Å²) in [5.41, 5.74) is 4.42. The molecule has 1 radical (unpaired) electrons. The predicted octanol–water partition coefficient (Wildman–Crippen LogP) is 5.74. The highest BCUT2D eigenvalue weighted by atomic mass is 19.4. The van der Waals surface area contributed by atoms with E-state index < -0.39 is 11.7 Å². The van der Waals surface area contributed by atoms with Crippen LogP contribution in [0.4, 0.5) is 13.2 Å². The Bertz CT molecular complexity index is 891. The minimum absolute atomic E-state index is 0.179. The van der Waals surface area contributed by atoms with Crippen molar-refractivity contribution < 1.29 is 13.2 Å². The molecule has 0 nitrogen and oxygen atoms in total. The third kappa shape index (κ3) is 2.33. The van der Waals surface area contributed by atoms with Crippen molar-refractivity contribution in [3.63, 3.8) is 0 Å². The zero-order valence-electron chi connectivity index (χ0n) is 12.1. The molecule has 1 aliphatic rings. The minimum Gasteiger partial charge on any atom is -0.166 e. The molecule has 0 spiro atoms. The summed E-state index contributed by atoms with van der Waals surface area (Å²) in [7, 11) is 0. The molecule has 0 unspecified atom stereocenters. The van der Waals surface area contributed by atoms with Crippen LogP contribution in [0.2, 0.25) is 0 Å². The Morgan fingerprint density at radius 1 is 0.739 bits per heavy atom. The minimum atomic E-state index is -4.37. The molecular weight excluding hydrogens is 297 g/mol. The van der Waals surface area contributed by atoms with Crippen LogP contribution in [0.5, 0.6) is 0 Å². The number of alkyl halides is 3. The lowest BCUT2D eigenvalue weighted by molar-refractivity contribution is -0.137. The van der Waals surface area contributed by atoms with Gasteiger partial charge < -0.3 is 0 Å². The van der Waals surface area contributed by atoms with Crippen molar-refractivity contribution >= 4 is 0 Å². The molecule has 0 saturated carbocycles. The number of rotatable bonds is 1. The largest absolute Gasteiger partial charge is 0.417 e. The molecule has 0 aliphatic heterocycles. The van der Waals surface area contributed by atoms with Crippen LogP contribution in [-0.2, 0) is 12.6 Å². The van der Waals surface area contributed by atoms with Gasteiger partial charge in [0.2, 0.25) is 0 Å². The van der Waals surface area contributed by atoms with E-state index in [9.17, 15) is 13.2 Å². The van der Waals surface area contributed by atoms with Gasteiger partial charge in [-0.25, -0.2) is 0 Å². The predicted molar refractivity (Wildman–Crippen MR) is 84.0 cm³/mol. The van der Waals surface area contributed by atoms with E-state index in [-0.39, 0.29) is 5.56 Å². The average molecular weight is 309 g/mol. The summed E-state index contributed by atoms with van der Waals surface area (Å²) in [6, 6.07) is 20.5. The summed E-state index contributed by atoms with van der Waals surface area (Å²) >= 11 is 0. The highest BCUT2D eigenvalue weighted by Gasteiger charge is 2.33. The van der Waals surface area contributed by atoms with Crippen LogP contribution in [0.25, 0.3) is 22.3 Å². The van der Waals surface area contributed by atoms with Gasteiger partial charge in [0.25, 0.3) is 0 Å². The average Bonchev–Trinajstić information content (AvgIpc) is 2.91. The maximum atomic E-state index is 13.2. The Morgan fingerprint density at radius 3 is 2.22 bits per heavy atom. The second-order valence-electron chi connectivity index (χ2n) is 5.64. The second kappa shape index (κ2) is 4.98. The molecule has 0 saturated heterocycles. The smallest absolute Gasteiger partial charge is 0.166 e. The van der Waals surface area contributed by atoms with E-state index in [1.807, 2.05) is 30.3 Å². The lowest BCUT2D eigenvalue weighted by Gasteiger charge is -2.13. The van der Waals surface area contributed by atoms with E-state index in [1.54, 1.807) is 12.1 Å². The third-order valence-electron chi connectivity index (χ3n) is 4.22. The summed E-state index contributed by atoms with van der Waals surface area (Å²) in [5.74, 6) is 0. The molecule has 3 heteroatoms. The third-order valence-corrected chi connectivity index (χ3v) is 4.22. The first-order valence-electron chi connectivity index (χ1n) is 7.34. The van der Waals surface area contributed by atoms with Gasteiger partial charge >= 0.3 is 6.18 Å². The molecule has 0 heterocycles. The molecule has 0 atom stereocenters. The zero-order valence-corrected chi connectivity index (χ0v) is 12.1. The van der Waals surface area contributed by atoms with Crippen molar-refractivity contribution in [1.82, 2.24) is 0 Å². The molecule has 113 valence electrons. The van der Waals surface area contributed by atoms with Crippen LogP contribution in [0.3, 0.4) is 0 Å². The number of hydrogen-bond acceptors (Lipinski definition) is 0. The van der Waals surface area contributed by atoms with Gasteiger partial charge in [-0.3, -0.25) is 0 Å². The number of benzene rings is 3. The molecule has 3 aromatic rings. The van der Waals surface area contributed by atoms with Gasteiger partial charge in [-0.05, 0) is 51.9 Å². The Morgan fingerprint density at radius 2 is 1.43 bits per heavy atom. The highest BCUT2D eigenvalue weighted by Crippen LogP contribution is 2.41. The van der Waals surface area contributed by atoms with E-state index >= 15 is 0 Å². The number of halogens is 3. The van der Waals surface area contributed by atoms with Gasteiger partial charge in [0.15, 0.2) is 0 Å². The van der Waals surface area contributed by atoms with E-state index in [0.717, 1.165) is 22.8 Å². The Kier molecular flexibility index (Phi) is 3.05. The summed E-state index contributed by atoms with van der Waals surface area (Å²) in [6.07, 6.45) is -3.65. The first-order chi connectivity index (χ1) is 11.0. The van der Waals surface area contributed by atoms with Crippen molar-refractivity contribution in [2.45, 2.75) is 12.6 Å². The Balaban J connectivity index is 1.84. The maximum Gasteiger partial charge on any atom is 0.417 e. The number of hydrogen-bond donors (Lipinski definition) is 0. The Hall–Kier alpha value is -2.55. The van der Waals surface area contributed by atoms with Crippen molar-refractivity contribution in [3.05, 3.63) is 83.4 Å². The van der Waals surface area contributed by atoms with Crippen LogP contribution in [0, 0.1) is 6.07 Å². The fourth-order valence-corrected chi connectivity index (χ4v) is 3.18. The van der Waals surface area contributed by atoms with Gasteiger partial charge in [-0.15, -0.1) is 0 Å². The normalized spacial score (nSPS) is 12.8. The molecule has 3 aromatic carbocycles. The van der Waals surface area contributed by atoms with Gasteiger partial charge in [-0.2, -0.15) is 13.2 Å². The molecule has 1 aliphatic carbocycles.